The van der Waals surface area contributed by atoms with E-state index in [2.05, 4.69) is 20.2 Å². The van der Waals surface area contributed by atoms with E-state index in [1.807, 2.05) is 26.0 Å². The molecule has 0 aromatic carbocycles. The second-order valence-electron chi connectivity index (χ2n) is 4.43. The van der Waals surface area contributed by atoms with Gasteiger partial charge in [0.25, 0.3) is 5.91 Å². The molecule has 2 aromatic rings. The second-order valence-corrected chi connectivity index (χ2v) is 5.40. The Morgan fingerprint density at radius 3 is 2.81 bits per heavy atom. The van der Waals surface area contributed by atoms with E-state index < -0.39 is 0 Å². The summed E-state index contributed by atoms with van der Waals surface area (Å²) in [5, 5.41) is 3.62. The number of pyridine rings is 1. The number of carbonyl (C=O) groups is 1. The molecule has 0 spiro atoms. The van der Waals surface area contributed by atoms with Crippen LogP contribution in [-0.4, -0.2) is 29.0 Å². The molecule has 112 valence electrons. The number of nitrogens with one attached hydrogen (secondary N) is 1. The van der Waals surface area contributed by atoms with Gasteiger partial charge >= 0.3 is 0 Å². The summed E-state index contributed by atoms with van der Waals surface area (Å²) in [4.78, 5) is 23.0. The van der Waals surface area contributed by atoms with Gasteiger partial charge in [0.15, 0.2) is 5.13 Å². The Bertz CT molecular complexity index is 595. The van der Waals surface area contributed by atoms with Gasteiger partial charge in [0.1, 0.15) is 10.7 Å². The smallest absolute Gasteiger partial charge is 0.265 e. The maximum atomic E-state index is 12.2. The summed E-state index contributed by atoms with van der Waals surface area (Å²) in [6, 6.07) is 3.74. The summed E-state index contributed by atoms with van der Waals surface area (Å²) < 4.78 is 0. The summed E-state index contributed by atoms with van der Waals surface area (Å²) in [5.74, 6) is 0.0813. The van der Waals surface area contributed by atoms with Crippen LogP contribution in [0, 0.1) is 0 Å². The zero-order valence-corrected chi connectivity index (χ0v) is 13.0. The molecule has 0 fully saturated rings. The number of hydrogen-bond acceptors (Lipinski definition) is 6. The van der Waals surface area contributed by atoms with Crippen molar-refractivity contribution in [1.82, 2.24) is 15.3 Å². The molecule has 6 nitrogen and oxygen atoms in total. The molecular formula is C14H19N5OS. The van der Waals surface area contributed by atoms with Crippen molar-refractivity contribution in [3.05, 3.63) is 35.0 Å². The molecule has 0 bridgehead atoms. The first kappa shape index (κ1) is 15.2. The van der Waals surface area contributed by atoms with Crippen LogP contribution in [0.5, 0.6) is 0 Å². The molecule has 2 heterocycles. The average molecular weight is 305 g/mol. The first-order chi connectivity index (χ1) is 10.2. The molecule has 0 aliphatic rings. The highest BCUT2D eigenvalue weighted by molar-refractivity contribution is 7.18. The predicted octanol–water partition coefficient (Wildman–Crippen LogP) is 1.90. The van der Waals surface area contributed by atoms with Crippen molar-refractivity contribution in [2.24, 2.45) is 0 Å². The molecule has 0 aliphatic carbocycles. The van der Waals surface area contributed by atoms with Crippen LogP contribution in [0.15, 0.2) is 24.5 Å². The molecule has 0 radical (unpaired) electrons. The number of aromatic nitrogens is 2. The lowest BCUT2D eigenvalue weighted by Crippen LogP contribution is -2.22. The van der Waals surface area contributed by atoms with Gasteiger partial charge in [-0.25, -0.2) is 4.98 Å². The molecule has 1 amide bonds. The van der Waals surface area contributed by atoms with E-state index in [1.54, 1.807) is 12.4 Å². The van der Waals surface area contributed by atoms with Crippen molar-refractivity contribution >= 4 is 28.2 Å². The fourth-order valence-electron chi connectivity index (χ4n) is 1.88. The lowest BCUT2D eigenvalue weighted by molar-refractivity contribution is 0.0955. The normalized spacial score (nSPS) is 10.4. The van der Waals surface area contributed by atoms with E-state index in [1.165, 1.54) is 11.3 Å². The number of rotatable bonds is 6. The highest BCUT2D eigenvalue weighted by Crippen LogP contribution is 2.27. The van der Waals surface area contributed by atoms with E-state index in [4.69, 9.17) is 5.73 Å². The SMILES string of the molecule is CCN(CC)c1nc(N)c(C(=O)NCc2cccnc2)s1. The summed E-state index contributed by atoms with van der Waals surface area (Å²) in [7, 11) is 0. The minimum Gasteiger partial charge on any atom is -0.382 e. The van der Waals surface area contributed by atoms with Crippen molar-refractivity contribution in [2.45, 2.75) is 20.4 Å². The maximum absolute atomic E-state index is 12.2. The third kappa shape index (κ3) is 3.69. The topological polar surface area (TPSA) is 84.1 Å². The highest BCUT2D eigenvalue weighted by atomic mass is 32.1. The van der Waals surface area contributed by atoms with E-state index in [9.17, 15) is 4.79 Å². The van der Waals surface area contributed by atoms with Crippen LogP contribution in [0.4, 0.5) is 10.9 Å². The van der Waals surface area contributed by atoms with E-state index in [0.717, 1.165) is 23.8 Å². The molecule has 7 heteroatoms. The number of nitrogen functional groups attached to an aromatic ring is 1. The number of amides is 1. The first-order valence-corrected chi connectivity index (χ1v) is 7.65. The largest absolute Gasteiger partial charge is 0.382 e. The Kier molecular flexibility index (Phi) is 5.10. The molecule has 0 atom stereocenters. The van der Waals surface area contributed by atoms with Gasteiger partial charge in [0, 0.05) is 32.0 Å². The fraction of sp³-hybridized carbons (Fsp3) is 0.357. The molecular weight excluding hydrogens is 286 g/mol. The predicted molar refractivity (Wildman–Crippen MR) is 85.5 cm³/mol. The van der Waals surface area contributed by atoms with Gasteiger partial charge in [-0.05, 0) is 25.5 Å². The zero-order valence-electron chi connectivity index (χ0n) is 12.2. The summed E-state index contributed by atoms with van der Waals surface area (Å²) in [5.41, 5.74) is 6.80. The summed E-state index contributed by atoms with van der Waals surface area (Å²) in [6.45, 7) is 6.18. The highest BCUT2D eigenvalue weighted by Gasteiger charge is 2.18. The monoisotopic (exact) mass is 305 g/mol. The molecule has 0 unspecified atom stereocenters. The Labute approximate surface area is 128 Å². The molecule has 0 aliphatic heterocycles. The van der Waals surface area contributed by atoms with Gasteiger partial charge < -0.3 is 16.0 Å². The van der Waals surface area contributed by atoms with Gasteiger partial charge in [-0.2, -0.15) is 0 Å². The number of hydrogen-bond donors (Lipinski definition) is 2. The number of carbonyl (C=O) groups excluding carboxylic acids is 1. The molecule has 0 saturated heterocycles. The van der Waals surface area contributed by atoms with Gasteiger partial charge in [0.2, 0.25) is 0 Å². The van der Waals surface area contributed by atoms with Crippen molar-refractivity contribution in [2.75, 3.05) is 23.7 Å². The van der Waals surface area contributed by atoms with Crippen LogP contribution in [0.1, 0.15) is 29.1 Å². The fourth-order valence-corrected chi connectivity index (χ4v) is 2.91. The summed E-state index contributed by atoms with van der Waals surface area (Å²) in [6.07, 6.45) is 3.42. The maximum Gasteiger partial charge on any atom is 0.265 e. The Morgan fingerprint density at radius 1 is 1.43 bits per heavy atom. The van der Waals surface area contributed by atoms with Crippen LogP contribution < -0.4 is 16.0 Å². The number of nitrogens with zero attached hydrogens (tertiary/aromatic N) is 3. The Hall–Kier alpha value is -2.15. The van der Waals surface area contributed by atoms with Crippen molar-refractivity contribution in [1.29, 1.82) is 0 Å². The molecule has 2 aromatic heterocycles. The minimum atomic E-state index is -0.202. The van der Waals surface area contributed by atoms with Crippen molar-refractivity contribution in [3.8, 4) is 0 Å². The molecule has 2 rings (SSSR count). The summed E-state index contributed by atoms with van der Waals surface area (Å²) >= 11 is 1.32. The van der Waals surface area contributed by atoms with Gasteiger partial charge in [-0.1, -0.05) is 17.4 Å². The lowest BCUT2D eigenvalue weighted by atomic mass is 10.3. The van der Waals surface area contributed by atoms with Crippen molar-refractivity contribution < 1.29 is 4.79 Å². The third-order valence-corrected chi connectivity index (χ3v) is 4.19. The zero-order chi connectivity index (χ0) is 15.2. The molecule has 21 heavy (non-hydrogen) atoms. The second kappa shape index (κ2) is 7.03. The quantitative estimate of drug-likeness (QED) is 0.851. The Balaban J connectivity index is 2.05. The van der Waals surface area contributed by atoms with Crippen molar-refractivity contribution in [3.63, 3.8) is 0 Å². The van der Waals surface area contributed by atoms with Gasteiger partial charge in [-0.3, -0.25) is 9.78 Å². The van der Waals surface area contributed by atoms with Gasteiger partial charge in [0.05, 0.1) is 0 Å². The van der Waals surface area contributed by atoms with E-state index >= 15 is 0 Å². The number of thiazole rings is 1. The third-order valence-electron chi connectivity index (χ3n) is 3.06. The Morgan fingerprint density at radius 2 is 2.19 bits per heavy atom. The van der Waals surface area contributed by atoms with E-state index in [-0.39, 0.29) is 11.7 Å². The van der Waals surface area contributed by atoms with Crippen LogP contribution in [0.2, 0.25) is 0 Å². The number of nitrogens with two attached hydrogens (primary N) is 1. The minimum absolute atomic E-state index is 0.202. The number of anilines is 2. The first-order valence-electron chi connectivity index (χ1n) is 6.84. The van der Waals surface area contributed by atoms with Crippen LogP contribution >= 0.6 is 11.3 Å². The van der Waals surface area contributed by atoms with Crippen LogP contribution in [-0.2, 0) is 6.54 Å². The standard InChI is InChI=1S/C14H19N5OS/c1-3-19(4-2)14-18-12(15)11(21-14)13(20)17-9-10-6-5-7-16-8-10/h5-8H,3-4,9,15H2,1-2H3,(H,17,20). The molecule has 3 N–H and O–H groups in total. The average Bonchev–Trinajstić information content (AvgIpc) is 2.89. The lowest BCUT2D eigenvalue weighted by Gasteiger charge is -2.16. The van der Waals surface area contributed by atoms with E-state index in [0.29, 0.717) is 11.4 Å². The van der Waals surface area contributed by atoms with Crippen LogP contribution in [0.25, 0.3) is 0 Å². The van der Waals surface area contributed by atoms with Gasteiger partial charge in [-0.15, -0.1) is 0 Å². The van der Waals surface area contributed by atoms with Crippen LogP contribution in [0.3, 0.4) is 0 Å². The molecule has 0 saturated carbocycles.